The maximum Gasteiger partial charge on any atom is 0.265 e. The minimum Gasteiger partial charge on any atom is -0.756 e. The molecule has 0 saturated heterocycles. The second kappa shape index (κ2) is 4.66. The molecule has 8 heteroatoms. The summed E-state index contributed by atoms with van der Waals surface area (Å²) in [5.41, 5.74) is 0. The van der Waals surface area contributed by atoms with Crippen LogP contribution in [0.2, 0.25) is 0 Å². The summed E-state index contributed by atoms with van der Waals surface area (Å²) in [5, 5.41) is 17.3. The Labute approximate surface area is 67.8 Å². The van der Waals surface area contributed by atoms with Crippen LogP contribution in [0.1, 0.15) is 0 Å². The predicted molar refractivity (Wildman–Crippen MR) is 33.9 cm³/mol. The largest absolute Gasteiger partial charge is 0.756 e. The summed E-state index contributed by atoms with van der Waals surface area (Å²) in [7, 11) is -4.91. The molecule has 72 valence electrons. The van der Waals surface area contributed by atoms with Gasteiger partial charge in [-0.05, 0) is 0 Å². The average Bonchev–Trinajstić information content (AvgIpc) is 1.97. The molecule has 0 spiro atoms. The van der Waals surface area contributed by atoms with Crippen molar-refractivity contribution in [2.75, 3.05) is 6.61 Å². The molecule has 0 aromatic heterocycles. The van der Waals surface area contributed by atoms with Crippen LogP contribution in [0.4, 0.5) is 0 Å². The molecule has 0 rings (SSSR count). The molecule has 3 unspecified atom stereocenters. The van der Waals surface area contributed by atoms with E-state index in [-0.39, 0.29) is 6.29 Å². The normalized spacial score (nSPS) is 21.0. The molecule has 0 aliphatic rings. The Kier molecular flexibility index (Phi) is 4.54. The van der Waals surface area contributed by atoms with Crippen molar-refractivity contribution in [1.29, 1.82) is 0 Å². The van der Waals surface area contributed by atoms with Gasteiger partial charge in [0.2, 0.25) is 0 Å². The highest BCUT2D eigenvalue weighted by molar-refractivity contribution is 7.44. The first kappa shape index (κ1) is 11.7. The fourth-order valence-corrected chi connectivity index (χ4v) is 0.701. The lowest BCUT2D eigenvalue weighted by molar-refractivity contribution is -0.222. The zero-order chi connectivity index (χ0) is 9.78. The Morgan fingerprint density at radius 2 is 2.08 bits per heavy atom. The monoisotopic (exact) mass is 199 g/mol. The number of aliphatic hydroxyl groups excluding tert-OH is 2. The zero-order valence-corrected chi connectivity index (χ0v) is 6.76. The summed E-state index contributed by atoms with van der Waals surface area (Å²) >= 11 is 0. The molecule has 0 aromatic carbocycles. The van der Waals surface area contributed by atoms with Gasteiger partial charge in [-0.1, -0.05) is 0 Å². The van der Waals surface area contributed by atoms with Crippen LogP contribution in [0.5, 0.6) is 0 Å². The average molecular weight is 199 g/mol. The Hall–Kier alpha value is -0.300. The third kappa shape index (κ3) is 5.36. The van der Waals surface area contributed by atoms with Gasteiger partial charge in [0.15, 0.2) is 6.29 Å². The minimum atomic E-state index is -4.91. The van der Waals surface area contributed by atoms with E-state index in [0.717, 1.165) is 0 Å². The van der Waals surface area contributed by atoms with E-state index in [2.05, 4.69) is 4.52 Å². The second-order valence-corrected chi connectivity index (χ2v) is 3.15. The first-order valence-electron chi connectivity index (χ1n) is 2.86. The summed E-state index contributed by atoms with van der Waals surface area (Å²) in [5.74, 6) is 0. The van der Waals surface area contributed by atoms with Crippen LogP contribution in [0.25, 0.3) is 0 Å². The molecule has 0 aliphatic carbocycles. The molecule has 0 radical (unpaired) electrons. The molecule has 12 heavy (non-hydrogen) atoms. The first-order chi connectivity index (χ1) is 5.37. The van der Waals surface area contributed by atoms with Gasteiger partial charge in [0.05, 0.1) is 6.61 Å². The molecule has 7 nitrogen and oxygen atoms in total. The van der Waals surface area contributed by atoms with Gasteiger partial charge in [-0.25, -0.2) is 0 Å². The standard InChI is InChI=1S/C4H9O7P/c5-1-3(6)4(7)2-11-12(8,9)10/h1,3-4,6-7H,2H2,(H2,8,9,10)/p-1. The summed E-state index contributed by atoms with van der Waals surface area (Å²) in [4.78, 5) is 27.7. The van der Waals surface area contributed by atoms with Crippen molar-refractivity contribution in [1.82, 2.24) is 0 Å². The molecule has 0 fully saturated rings. The summed E-state index contributed by atoms with van der Waals surface area (Å²) in [6.07, 6.45) is -3.38. The lowest BCUT2D eigenvalue weighted by Crippen LogP contribution is -2.31. The Morgan fingerprint density at radius 3 is 2.42 bits per heavy atom. The summed E-state index contributed by atoms with van der Waals surface area (Å²) in [6.45, 7) is -0.864. The van der Waals surface area contributed by atoms with E-state index in [1.165, 1.54) is 0 Å². The van der Waals surface area contributed by atoms with Gasteiger partial charge in [-0.2, -0.15) is 0 Å². The van der Waals surface area contributed by atoms with Gasteiger partial charge in [0.25, 0.3) is 7.82 Å². The van der Waals surface area contributed by atoms with Crippen LogP contribution in [0.3, 0.4) is 0 Å². The van der Waals surface area contributed by atoms with Gasteiger partial charge in [-0.15, -0.1) is 0 Å². The van der Waals surface area contributed by atoms with E-state index in [0.29, 0.717) is 0 Å². The first-order valence-corrected chi connectivity index (χ1v) is 4.36. The van der Waals surface area contributed by atoms with Gasteiger partial charge >= 0.3 is 0 Å². The highest BCUT2D eigenvalue weighted by Gasteiger charge is 2.17. The lowest BCUT2D eigenvalue weighted by atomic mass is 10.2. The number of phosphoric ester groups is 1. The van der Waals surface area contributed by atoms with Crippen LogP contribution in [-0.2, 0) is 13.9 Å². The smallest absolute Gasteiger partial charge is 0.265 e. The van der Waals surface area contributed by atoms with E-state index in [1.54, 1.807) is 0 Å². The Morgan fingerprint density at radius 1 is 1.58 bits per heavy atom. The van der Waals surface area contributed by atoms with Crippen LogP contribution in [0, 0.1) is 0 Å². The molecular formula is C4H8O7P-. The van der Waals surface area contributed by atoms with E-state index in [9.17, 15) is 14.3 Å². The van der Waals surface area contributed by atoms with E-state index in [4.69, 9.17) is 15.1 Å². The van der Waals surface area contributed by atoms with Gasteiger partial charge in [0, 0.05) is 0 Å². The molecule has 0 heterocycles. The topological polar surface area (TPSA) is 127 Å². The van der Waals surface area contributed by atoms with Crippen molar-refractivity contribution < 1.29 is 33.9 Å². The molecule has 0 amide bonds. The molecule has 3 atom stereocenters. The van der Waals surface area contributed by atoms with Crippen LogP contribution < -0.4 is 4.89 Å². The maximum absolute atomic E-state index is 9.93. The lowest BCUT2D eigenvalue weighted by Gasteiger charge is -2.18. The highest BCUT2D eigenvalue weighted by atomic mass is 31.2. The van der Waals surface area contributed by atoms with E-state index >= 15 is 0 Å². The SMILES string of the molecule is O=CC(O)C(O)COP(=O)([O-])O. The number of hydrogen-bond acceptors (Lipinski definition) is 6. The third-order valence-electron chi connectivity index (χ3n) is 0.942. The molecule has 0 bridgehead atoms. The van der Waals surface area contributed by atoms with E-state index in [1.807, 2.05) is 0 Å². The summed E-state index contributed by atoms with van der Waals surface area (Å²) in [6, 6.07) is 0. The van der Waals surface area contributed by atoms with Crippen molar-refractivity contribution in [3.8, 4) is 0 Å². The second-order valence-electron chi connectivity index (χ2n) is 1.96. The Bertz CT molecular complexity index is 186. The number of carbonyl (C=O) groups excluding carboxylic acids is 1. The zero-order valence-electron chi connectivity index (χ0n) is 5.86. The van der Waals surface area contributed by atoms with Gasteiger partial charge in [0.1, 0.15) is 12.2 Å². The van der Waals surface area contributed by atoms with Crippen molar-refractivity contribution in [3.63, 3.8) is 0 Å². The van der Waals surface area contributed by atoms with Crippen molar-refractivity contribution in [2.24, 2.45) is 0 Å². The van der Waals surface area contributed by atoms with Crippen molar-refractivity contribution in [3.05, 3.63) is 0 Å². The minimum absolute atomic E-state index is 0.0150. The fourth-order valence-electron chi connectivity index (χ4n) is 0.360. The van der Waals surface area contributed by atoms with Crippen LogP contribution in [0.15, 0.2) is 0 Å². The van der Waals surface area contributed by atoms with Gasteiger partial charge < -0.3 is 29.3 Å². The number of aldehydes is 1. The number of phosphoric acid groups is 1. The third-order valence-corrected chi connectivity index (χ3v) is 1.42. The molecule has 0 saturated carbocycles. The van der Waals surface area contributed by atoms with Crippen LogP contribution in [-0.4, -0.2) is 40.2 Å². The van der Waals surface area contributed by atoms with Crippen molar-refractivity contribution >= 4 is 14.1 Å². The quantitative estimate of drug-likeness (QED) is 0.326. The maximum atomic E-state index is 9.93. The fraction of sp³-hybridized carbons (Fsp3) is 0.750. The summed E-state index contributed by atoms with van der Waals surface area (Å²) < 4.78 is 13.6. The Balaban J connectivity index is 3.79. The molecule has 0 aromatic rings. The number of aliphatic hydroxyl groups is 2. The number of hydrogen-bond donors (Lipinski definition) is 3. The highest BCUT2D eigenvalue weighted by Crippen LogP contribution is 2.30. The molecule has 3 N–H and O–H groups in total. The number of carbonyl (C=O) groups is 1. The predicted octanol–water partition coefficient (Wildman–Crippen LogP) is -2.62. The van der Waals surface area contributed by atoms with Crippen molar-refractivity contribution in [2.45, 2.75) is 12.2 Å². The number of rotatable bonds is 5. The van der Waals surface area contributed by atoms with E-state index < -0.39 is 26.6 Å². The van der Waals surface area contributed by atoms with Gasteiger partial charge in [-0.3, -0.25) is 4.57 Å². The molecule has 0 aliphatic heterocycles. The van der Waals surface area contributed by atoms with Crippen LogP contribution >= 0.6 is 7.82 Å². The molecular weight excluding hydrogens is 191 g/mol.